The highest BCUT2D eigenvalue weighted by atomic mass is 16.5. The molecule has 0 saturated heterocycles. The molecule has 1 aromatic carbocycles. The first kappa shape index (κ1) is 15.3. The minimum atomic E-state index is -0.0592. The van der Waals surface area contributed by atoms with Gasteiger partial charge in [-0.3, -0.25) is 0 Å². The summed E-state index contributed by atoms with van der Waals surface area (Å²) in [6.45, 7) is 6.02. The molecule has 1 fully saturated rings. The first-order valence-corrected chi connectivity index (χ1v) is 7.78. The Balaban J connectivity index is 1.73. The quantitative estimate of drug-likeness (QED) is 0.839. The minimum Gasteiger partial charge on any atom is -0.491 e. The predicted molar refractivity (Wildman–Crippen MR) is 81.9 cm³/mol. The van der Waals surface area contributed by atoms with Gasteiger partial charge in [0.1, 0.15) is 5.75 Å². The molecular formula is C17H27NO2. The van der Waals surface area contributed by atoms with Gasteiger partial charge in [0.25, 0.3) is 0 Å². The van der Waals surface area contributed by atoms with Crippen LogP contribution < -0.4 is 10.1 Å². The second-order valence-electron chi connectivity index (χ2n) is 6.12. The van der Waals surface area contributed by atoms with Crippen molar-refractivity contribution in [1.82, 2.24) is 5.32 Å². The van der Waals surface area contributed by atoms with Crippen LogP contribution in [0.3, 0.4) is 0 Å². The van der Waals surface area contributed by atoms with Crippen LogP contribution in [-0.2, 0) is 6.54 Å². The fourth-order valence-corrected chi connectivity index (χ4v) is 2.77. The summed E-state index contributed by atoms with van der Waals surface area (Å²) in [6.07, 6.45) is 4.37. The predicted octanol–water partition coefficient (Wildman–Crippen LogP) is 3.11. The zero-order chi connectivity index (χ0) is 14.4. The molecule has 20 heavy (non-hydrogen) atoms. The first-order chi connectivity index (χ1) is 9.63. The van der Waals surface area contributed by atoms with Crippen molar-refractivity contribution in [3.63, 3.8) is 0 Å². The zero-order valence-electron chi connectivity index (χ0n) is 12.6. The lowest BCUT2D eigenvalue weighted by Crippen LogP contribution is -2.27. The van der Waals surface area contributed by atoms with Crippen LogP contribution in [0.4, 0.5) is 0 Å². The molecule has 3 nitrogen and oxygen atoms in total. The molecule has 0 aliphatic heterocycles. The largest absolute Gasteiger partial charge is 0.491 e. The van der Waals surface area contributed by atoms with E-state index in [2.05, 4.69) is 17.4 Å². The minimum absolute atomic E-state index is 0.0592. The van der Waals surface area contributed by atoms with Gasteiger partial charge in [0.15, 0.2) is 0 Å². The van der Waals surface area contributed by atoms with Gasteiger partial charge >= 0.3 is 0 Å². The first-order valence-electron chi connectivity index (χ1n) is 7.78. The Morgan fingerprint density at radius 1 is 1.25 bits per heavy atom. The van der Waals surface area contributed by atoms with E-state index < -0.39 is 0 Å². The molecule has 112 valence electrons. The van der Waals surface area contributed by atoms with E-state index in [0.29, 0.717) is 5.92 Å². The molecule has 0 unspecified atom stereocenters. The van der Waals surface area contributed by atoms with Crippen molar-refractivity contribution in [2.75, 3.05) is 6.54 Å². The van der Waals surface area contributed by atoms with E-state index in [-0.39, 0.29) is 12.2 Å². The molecule has 0 heterocycles. The van der Waals surface area contributed by atoms with E-state index in [1.807, 2.05) is 26.0 Å². The molecule has 1 saturated carbocycles. The molecule has 2 N–H and O–H groups in total. The normalized spacial score (nSPS) is 23.0. The van der Waals surface area contributed by atoms with E-state index >= 15 is 0 Å². The van der Waals surface area contributed by atoms with E-state index in [9.17, 15) is 5.11 Å². The summed E-state index contributed by atoms with van der Waals surface area (Å²) in [7, 11) is 0. The highest BCUT2D eigenvalue weighted by Crippen LogP contribution is 2.23. The lowest BCUT2D eigenvalue weighted by atomic mass is 9.87. The number of hydrogen-bond donors (Lipinski definition) is 2. The van der Waals surface area contributed by atoms with Crippen LogP contribution in [0, 0.1) is 5.92 Å². The summed E-state index contributed by atoms with van der Waals surface area (Å²) < 4.78 is 5.71. The lowest BCUT2D eigenvalue weighted by Gasteiger charge is -2.25. The smallest absolute Gasteiger partial charge is 0.120 e. The van der Waals surface area contributed by atoms with E-state index in [4.69, 9.17) is 4.74 Å². The fraction of sp³-hybridized carbons (Fsp3) is 0.647. The molecule has 0 amide bonds. The van der Waals surface area contributed by atoms with Crippen LogP contribution in [0.5, 0.6) is 5.75 Å². The van der Waals surface area contributed by atoms with Gasteiger partial charge in [-0.25, -0.2) is 0 Å². The number of rotatable bonds is 6. The topological polar surface area (TPSA) is 41.5 Å². The summed E-state index contributed by atoms with van der Waals surface area (Å²) >= 11 is 0. The molecule has 0 radical (unpaired) electrons. The maximum absolute atomic E-state index is 9.50. The van der Waals surface area contributed by atoms with Gasteiger partial charge in [-0.15, -0.1) is 0 Å². The number of nitrogens with one attached hydrogen (secondary N) is 1. The zero-order valence-corrected chi connectivity index (χ0v) is 12.6. The van der Waals surface area contributed by atoms with Gasteiger partial charge in [-0.1, -0.05) is 12.1 Å². The highest BCUT2D eigenvalue weighted by molar-refractivity contribution is 5.28. The molecular weight excluding hydrogens is 250 g/mol. The molecule has 0 bridgehead atoms. The van der Waals surface area contributed by atoms with Crippen molar-refractivity contribution in [3.8, 4) is 5.75 Å². The molecule has 0 spiro atoms. The van der Waals surface area contributed by atoms with Crippen LogP contribution in [0.15, 0.2) is 24.3 Å². The van der Waals surface area contributed by atoms with Gasteiger partial charge in [-0.05, 0) is 69.7 Å². The Labute approximate surface area is 122 Å². The van der Waals surface area contributed by atoms with Crippen LogP contribution in [0.2, 0.25) is 0 Å². The molecule has 1 aliphatic rings. The molecule has 0 aromatic heterocycles. The maximum Gasteiger partial charge on any atom is 0.120 e. The fourth-order valence-electron chi connectivity index (χ4n) is 2.77. The Kier molecular flexibility index (Phi) is 5.86. The third-order valence-electron chi connectivity index (χ3n) is 3.85. The van der Waals surface area contributed by atoms with Crippen LogP contribution >= 0.6 is 0 Å². The third-order valence-corrected chi connectivity index (χ3v) is 3.85. The van der Waals surface area contributed by atoms with Crippen molar-refractivity contribution in [3.05, 3.63) is 29.8 Å². The van der Waals surface area contributed by atoms with Crippen LogP contribution in [0.25, 0.3) is 0 Å². The van der Waals surface area contributed by atoms with Gasteiger partial charge in [0.2, 0.25) is 0 Å². The second kappa shape index (κ2) is 7.65. The van der Waals surface area contributed by atoms with Crippen LogP contribution in [0.1, 0.15) is 45.1 Å². The number of hydrogen-bond acceptors (Lipinski definition) is 3. The molecule has 0 atom stereocenters. The summed E-state index contributed by atoms with van der Waals surface area (Å²) in [5.41, 5.74) is 1.26. The Morgan fingerprint density at radius 2 is 2.00 bits per heavy atom. The summed E-state index contributed by atoms with van der Waals surface area (Å²) in [4.78, 5) is 0. The molecule has 1 aliphatic carbocycles. The number of benzene rings is 1. The maximum atomic E-state index is 9.50. The third kappa shape index (κ3) is 5.14. The van der Waals surface area contributed by atoms with Crippen molar-refractivity contribution >= 4 is 0 Å². The Morgan fingerprint density at radius 3 is 2.70 bits per heavy atom. The Bertz CT molecular complexity index is 398. The van der Waals surface area contributed by atoms with E-state index in [1.54, 1.807) is 0 Å². The van der Waals surface area contributed by atoms with E-state index in [1.165, 1.54) is 5.56 Å². The van der Waals surface area contributed by atoms with E-state index in [0.717, 1.165) is 44.5 Å². The van der Waals surface area contributed by atoms with Crippen LogP contribution in [-0.4, -0.2) is 23.9 Å². The number of aliphatic hydroxyl groups excluding tert-OH is 1. The Hall–Kier alpha value is -1.06. The molecule has 2 rings (SSSR count). The molecule has 3 heteroatoms. The van der Waals surface area contributed by atoms with Crippen molar-refractivity contribution < 1.29 is 9.84 Å². The van der Waals surface area contributed by atoms with Crippen molar-refractivity contribution in [2.24, 2.45) is 5.92 Å². The average Bonchev–Trinajstić information content (AvgIpc) is 2.41. The number of ether oxygens (including phenoxy) is 1. The standard InChI is InChI=1S/C17H27NO2/c1-13(2)20-17-5-3-4-15(10-17)12-18-11-14-6-8-16(19)9-7-14/h3-5,10,13-14,16,18-19H,6-9,11-12H2,1-2H3. The monoisotopic (exact) mass is 277 g/mol. The number of aliphatic hydroxyl groups is 1. The van der Waals surface area contributed by atoms with Gasteiger partial charge in [0, 0.05) is 6.54 Å². The SMILES string of the molecule is CC(C)Oc1cccc(CNCC2CCC(O)CC2)c1. The average molecular weight is 277 g/mol. The van der Waals surface area contributed by atoms with Crippen molar-refractivity contribution in [1.29, 1.82) is 0 Å². The van der Waals surface area contributed by atoms with Gasteiger partial charge in [0.05, 0.1) is 12.2 Å². The summed E-state index contributed by atoms with van der Waals surface area (Å²) in [5, 5.41) is 13.0. The second-order valence-corrected chi connectivity index (χ2v) is 6.12. The molecule has 1 aromatic rings. The lowest BCUT2D eigenvalue weighted by molar-refractivity contribution is 0.108. The summed E-state index contributed by atoms with van der Waals surface area (Å²) in [5.74, 6) is 1.66. The van der Waals surface area contributed by atoms with Gasteiger partial charge in [-0.2, -0.15) is 0 Å². The van der Waals surface area contributed by atoms with Crippen molar-refractivity contribution in [2.45, 2.75) is 58.3 Å². The highest BCUT2D eigenvalue weighted by Gasteiger charge is 2.18. The summed E-state index contributed by atoms with van der Waals surface area (Å²) in [6, 6.07) is 8.29. The van der Waals surface area contributed by atoms with Gasteiger partial charge < -0.3 is 15.2 Å².